The van der Waals surface area contributed by atoms with E-state index in [9.17, 15) is 4.79 Å². The molecule has 0 rings (SSSR count). The van der Waals surface area contributed by atoms with Crippen molar-refractivity contribution in [1.29, 1.82) is 0 Å². The van der Waals surface area contributed by atoms with E-state index in [0.717, 1.165) is 12.8 Å². The maximum Gasteiger partial charge on any atom is 0.303 e. The molecule has 172 valence electrons. The van der Waals surface area contributed by atoms with E-state index in [1.807, 2.05) is 0 Å². The molecule has 0 fully saturated rings. The van der Waals surface area contributed by atoms with Gasteiger partial charge in [-0.1, -0.05) is 128 Å². The van der Waals surface area contributed by atoms with Crippen LogP contribution in [0.1, 0.15) is 155 Å². The summed E-state index contributed by atoms with van der Waals surface area (Å²) >= 11 is 0. The summed E-state index contributed by atoms with van der Waals surface area (Å²) in [6, 6.07) is 0. The Hall–Kier alpha value is -0.790. The molecule has 29 heavy (non-hydrogen) atoms. The van der Waals surface area contributed by atoms with Gasteiger partial charge in [-0.3, -0.25) is 4.79 Å². The minimum atomic E-state index is -0.657. The van der Waals surface area contributed by atoms with Gasteiger partial charge in [-0.25, -0.2) is 0 Å². The Kier molecular flexibility index (Phi) is 24.6. The molecule has 0 spiro atoms. The average Bonchev–Trinajstić information content (AvgIpc) is 2.71. The number of rotatable bonds is 24. The molecule has 1 N–H and O–H groups in total. The normalized spacial score (nSPS) is 11.5. The first-order valence-corrected chi connectivity index (χ1v) is 13.1. The van der Waals surface area contributed by atoms with E-state index < -0.39 is 5.97 Å². The molecule has 0 saturated carbocycles. The third kappa shape index (κ3) is 27.2. The highest BCUT2D eigenvalue weighted by molar-refractivity contribution is 5.66. The maximum absolute atomic E-state index is 10.4. The first-order valence-electron chi connectivity index (χ1n) is 13.1. The minimum absolute atomic E-state index is 0.337. The Morgan fingerprint density at radius 2 is 0.828 bits per heavy atom. The predicted octanol–water partition coefficient (Wildman–Crippen LogP) is 9.62. The highest BCUT2D eigenvalue weighted by Crippen LogP contribution is 2.13. The molecule has 0 unspecified atom stereocenters. The Morgan fingerprint density at radius 3 is 1.17 bits per heavy atom. The van der Waals surface area contributed by atoms with Gasteiger partial charge < -0.3 is 5.11 Å². The van der Waals surface area contributed by atoms with Gasteiger partial charge in [-0.15, -0.1) is 0 Å². The van der Waals surface area contributed by atoms with Crippen LogP contribution in [0.3, 0.4) is 0 Å². The fourth-order valence-electron chi connectivity index (χ4n) is 3.94. The molecule has 0 aromatic carbocycles. The van der Waals surface area contributed by atoms with E-state index in [4.69, 9.17) is 5.11 Å². The third-order valence-electron chi connectivity index (χ3n) is 5.90. The molecule has 0 aromatic heterocycles. The van der Waals surface area contributed by atoms with E-state index >= 15 is 0 Å². The highest BCUT2D eigenvalue weighted by Gasteiger charge is 1.96. The standard InChI is InChI=1S/C27H52O2/c1-2-3-4-5-6-7-8-9-10-11-12-13-14-15-16-17-18-19-20-21-22-23-24-25-26-27(28)29/h16-17H,2-15,18-26H2,1H3,(H,28,29). The Morgan fingerprint density at radius 1 is 0.517 bits per heavy atom. The van der Waals surface area contributed by atoms with Gasteiger partial charge >= 0.3 is 5.97 Å². The van der Waals surface area contributed by atoms with Crippen LogP contribution in [0.15, 0.2) is 12.2 Å². The molecule has 0 aliphatic rings. The fraction of sp³-hybridized carbons (Fsp3) is 0.889. The van der Waals surface area contributed by atoms with Crippen LogP contribution < -0.4 is 0 Å². The number of aliphatic carboxylic acids is 1. The second-order valence-electron chi connectivity index (χ2n) is 8.91. The molecule has 0 amide bonds. The fourth-order valence-corrected chi connectivity index (χ4v) is 3.94. The lowest BCUT2D eigenvalue weighted by molar-refractivity contribution is -0.137. The smallest absolute Gasteiger partial charge is 0.303 e. The van der Waals surface area contributed by atoms with Crippen molar-refractivity contribution in [3.63, 3.8) is 0 Å². The number of unbranched alkanes of at least 4 members (excludes halogenated alkanes) is 20. The van der Waals surface area contributed by atoms with Gasteiger partial charge in [0.15, 0.2) is 0 Å². The van der Waals surface area contributed by atoms with Crippen LogP contribution in [-0.2, 0) is 4.79 Å². The molecule has 0 aliphatic carbocycles. The zero-order valence-electron chi connectivity index (χ0n) is 19.8. The summed E-state index contributed by atoms with van der Waals surface area (Å²) in [5, 5.41) is 8.58. The summed E-state index contributed by atoms with van der Waals surface area (Å²) in [6.07, 6.45) is 34.5. The van der Waals surface area contributed by atoms with Crippen molar-refractivity contribution in [1.82, 2.24) is 0 Å². The molecule has 0 heterocycles. The van der Waals surface area contributed by atoms with Gasteiger partial charge in [0.25, 0.3) is 0 Å². The van der Waals surface area contributed by atoms with Gasteiger partial charge in [-0.2, -0.15) is 0 Å². The summed E-state index contributed by atoms with van der Waals surface area (Å²) in [7, 11) is 0. The molecule has 2 heteroatoms. The summed E-state index contributed by atoms with van der Waals surface area (Å²) in [6.45, 7) is 2.29. The van der Waals surface area contributed by atoms with Crippen LogP contribution in [0, 0.1) is 0 Å². The molecule has 0 radical (unpaired) electrons. The highest BCUT2D eigenvalue weighted by atomic mass is 16.4. The van der Waals surface area contributed by atoms with E-state index in [1.54, 1.807) is 0 Å². The molecular formula is C27H52O2. The first-order chi connectivity index (χ1) is 14.3. The largest absolute Gasteiger partial charge is 0.481 e. The van der Waals surface area contributed by atoms with E-state index in [1.165, 1.54) is 128 Å². The van der Waals surface area contributed by atoms with Crippen molar-refractivity contribution in [3.05, 3.63) is 12.2 Å². The summed E-state index contributed by atoms with van der Waals surface area (Å²) < 4.78 is 0. The number of carboxylic acids is 1. The van der Waals surface area contributed by atoms with Crippen LogP contribution in [0.2, 0.25) is 0 Å². The molecule has 0 saturated heterocycles. The first kappa shape index (κ1) is 28.2. The molecule has 0 aliphatic heterocycles. The summed E-state index contributed by atoms with van der Waals surface area (Å²) in [5.74, 6) is -0.657. The van der Waals surface area contributed by atoms with Crippen molar-refractivity contribution in [3.8, 4) is 0 Å². The number of carbonyl (C=O) groups is 1. The Labute approximate surface area is 182 Å². The molecule has 0 bridgehead atoms. The molecular weight excluding hydrogens is 356 g/mol. The number of allylic oxidation sites excluding steroid dienone is 2. The Balaban J connectivity index is 3.08. The summed E-state index contributed by atoms with van der Waals surface area (Å²) in [5.41, 5.74) is 0. The van der Waals surface area contributed by atoms with E-state index in [0.29, 0.717) is 6.42 Å². The maximum atomic E-state index is 10.4. The third-order valence-corrected chi connectivity index (χ3v) is 5.90. The van der Waals surface area contributed by atoms with Crippen LogP contribution in [-0.4, -0.2) is 11.1 Å². The van der Waals surface area contributed by atoms with E-state index in [2.05, 4.69) is 19.1 Å². The predicted molar refractivity (Wildman–Crippen MR) is 129 cm³/mol. The van der Waals surface area contributed by atoms with Gasteiger partial charge in [-0.05, 0) is 32.1 Å². The van der Waals surface area contributed by atoms with Crippen molar-refractivity contribution < 1.29 is 9.90 Å². The Bertz CT molecular complexity index is 348. The number of carboxylic acid groups (broad SMARTS) is 1. The van der Waals surface area contributed by atoms with Crippen molar-refractivity contribution in [2.45, 2.75) is 155 Å². The van der Waals surface area contributed by atoms with Gasteiger partial charge in [0, 0.05) is 6.42 Å². The summed E-state index contributed by atoms with van der Waals surface area (Å²) in [4.78, 5) is 10.4. The van der Waals surface area contributed by atoms with Gasteiger partial charge in [0.05, 0.1) is 0 Å². The lowest BCUT2D eigenvalue weighted by atomic mass is 10.0. The zero-order valence-corrected chi connectivity index (χ0v) is 19.8. The minimum Gasteiger partial charge on any atom is -0.481 e. The zero-order chi connectivity index (χ0) is 21.3. The van der Waals surface area contributed by atoms with Crippen molar-refractivity contribution in [2.24, 2.45) is 0 Å². The quantitative estimate of drug-likeness (QED) is 0.127. The van der Waals surface area contributed by atoms with Crippen LogP contribution in [0.5, 0.6) is 0 Å². The average molecular weight is 409 g/mol. The molecule has 0 aromatic rings. The lowest BCUT2D eigenvalue weighted by Crippen LogP contribution is -1.93. The van der Waals surface area contributed by atoms with E-state index in [-0.39, 0.29) is 0 Å². The molecule has 2 nitrogen and oxygen atoms in total. The monoisotopic (exact) mass is 408 g/mol. The van der Waals surface area contributed by atoms with Gasteiger partial charge in [0.1, 0.15) is 0 Å². The van der Waals surface area contributed by atoms with Crippen LogP contribution in [0.4, 0.5) is 0 Å². The van der Waals surface area contributed by atoms with Crippen LogP contribution >= 0.6 is 0 Å². The SMILES string of the molecule is CCCCCCCCCCCCCCCC=CCCCCCCCCCC(=O)O. The van der Waals surface area contributed by atoms with Crippen molar-refractivity contribution in [2.75, 3.05) is 0 Å². The topological polar surface area (TPSA) is 37.3 Å². The number of hydrogen-bond donors (Lipinski definition) is 1. The van der Waals surface area contributed by atoms with Crippen LogP contribution in [0.25, 0.3) is 0 Å². The van der Waals surface area contributed by atoms with Crippen molar-refractivity contribution >= 4 is 5.97 Å². The second-order valence-corrected chi connectivity index (χ2v) is 8.91. The molecule has 0 atom stereocenters. The lowest BCUT2D eigenvalue weighted by Gasteiger charge is -2.02. The van der Waals surface area contributed by atoms with Gasteiger partial charge in [0.2, 0.25) is 0 Å². The second kappa shape index (κ2) is 25.2. The number of hydrogen-bond acceptors (Lipinski definition) is 1.